The summed E-state index contributed by atoms with van der Waals surface area (Å²) < 4.78 is 14.3. The van der Waals surface area contributed by atoms with Gasteiger partial charge < -0.3 is 10.2 Å². The summed E-state index contributed by atoms with van der Waals surface area (Å²) in [4.78, 5) is 24.4. The summed E-state index contributed by atoms with van der Waals surface area (Å²) in [7, 11) is 0. The van der Waals surface area contributed by atoms with Crippen LogP contribution in [0.5, 0.6) is 0 Å². The molecule has 1 aromatic carbocycles. The standard InChI is InChI=1S/C15H17FN4O2.Re/c1-3-8(2)9-7-12-10(6-11(9)16)14(19-18-12)20-5-4-13(21)17-15(20)22;/h6-8H,3-5H2,1-2H3,(H2,17,18,19,21,22);/p-1. The Morgan fingerprint density at radius 3 is 2.83 bits per heavy atom. The molecule has 1 atom stereocenters. The average molecular weight is 490 g/mol. The van der Waals surface area contributed by atoms with E-state index in [1.165, 1.54) is 11.0 Å². The second-order valence-electron chi connectivity index (χ2n) is 5.48. The number of nitrogens with one attached hydrogen (secondary N) is 1. The number of halogens is 1. The summed E-state index contributed by atoms with van der Waals surface area (Å²) in [6.07, 6.45) is 1.01. The molecule has 123 valence electrons. The molecule has 1 aliphatic heterocycles. The van der Waals surface area contributed by atoms with Crippen LogP contribution in [0.3, 0.4) is 0 Å². The smallest absolute Gasteiger partial charge is 0.329 e. The van der Waals surface area contributed by atoms with Crippen LogP contribution in [0.25, 0.3) is 10.9 Å². The van der Waals surface area contributed by atoms with Crippen molar-refractivity contribution in [3.63, 3.8) is 0 Å². The van der Waals surface area contributed by atoms with Gasteiger partial charge in [-0.15, -0.1) is 5.52 Å². The number of carbonyl (C=O) groups excluding carboxylic acids is 2. The molecule has 1 saturated heterocycles. The summed E-state index contributed by atoms with van der Waals surface area (Å²) >= 11 is 0. The van der Waals surface area contributed by atoms with Crippen molar-refractivity contribution in [1.29, 1.82) is 0 Å². The number of nitrogens with zero attached hydrogens (tertiary/aromatic N) is 3. The average Bonchev–Trinajstić information content (AvgIpc) is 2.88. The maximum absolute atomic E-state index is 14.3. The van der Waals surface area contributed by atoms with Crippen LogP contribution in [0.2, 0.25) is 0 Å². The van der Waals surface area contributed by atoms with E-state index in [1.54, 1.807) is 6.07 Å². The molecule has 1 unspecified atom stereocenters. The molecule has 3 rings (SSSR count). The summed E-state index contributed by atoms with van der Waals surface area (Å²) in [6.45, 7) is 4.16. The zero-order chi connectivity index (χ0) is 15.9. The van der Waals surface area contributed by atoms with Gasteiger partial charge in [0.2, 0.25) is 5.91 Å². The van der Waals surface area contributed by atoms with Crippen molar-refractivity contribution in [3.8, 4) is 0 Å². The van der Waals surface area contributed by atoms with Crippen LogP contribution >= 0.6 is 0 Å². The van der Waals surface area contributed by atoms with Gasteiger partial charge in [0, 0.05) is 38.8 Å². The molecule has 23 heavy (non-hydrogen) atoms. The van der Waals surface area contributed by atoms with Gasteiger partial charge in [-0.3, -0.25) is 15.0 Å². The molecule has 1 radical (unpaired) electrons. The first-order chi connectivity index (χ1) is 10.5. The Morgan fingerprint density at radius 2 is 2.17 bits per heavy atom. The summed E-state index contributed by atoms with van der Waals surface area (Å²) in [5.74, 6) is -0.281. The number of aromatic nitrogens is 2. The molecule has 0 bridgehead atoms. The molecule has 0 aliphatic carbocycles. The molecule has 2 aromatic rings. The Bertz CT molecular complexity index is 761. The maximum Gasteiger partial charge on any atom is 0.329 e. The number of hydrogen-bond donors (Lipinski definition) is 1. The Morgan fingerprint density at radius 1 is 1.43 bits per heavy atom. The molecule has 2 heterocycles. The fraction of sp³-hybridized carbons (Fsp3) is 0.400. The molecule has 1 aliphatic rings. The van der Waals surface area contributed by atoms with Crippen LogP contribution in [0.1, 0.15) is 38.2 Å². The van der Waals surface area contributed by atoms with Crippen LogP contribution < -0.4 is 15.3 Å². The first-order valence-corrected chi connectivity index (χ1v) is 7.25. The molecule has 3 amide bonds. The fourth-order valence-electron chi connectivity index (χ4n) is 2.56. The van der Waals surface area contributed by atoms with Gasteiger partial charge in [0.05, 0.1) is 0 Å². The number of hydrogen-bond acceptors (Lipinski definition) is 3. The Hall–Kier alpha value is -1.78. The number of benzene rings is 1. The zero-order valence-corrected chi connectivity index (χ0v) is 15.5. The van der Waals surface area contributed by atoms with Gasteiger partial charge in [-0.1, -0.05) is 19.9 Å². The van der Waals surface area contributed by atoms with Crippen molar-refractivity contribution in [3.05, 3.63) is 23.5 Å². The number of amides is 3. The van der Waals surface area contributed by atoms with Gasteiger partial charge in [0.25, 0.3) is 0 Å². The van der Waals surface area contributed by atoms with E-state index < -0.39 is 6.03 Å². The Kier molecular flexibility index (Phi) is 5.17. The molecular formula is C15H16FN4O2Re-. The molecule has 6 nitrogen and oxygen atoms in total. The zero-order valence-electron chi connectivity index (χ0n) is 12.8. The van der Waals surface area contributed by atoms with E-state index in [1.807, 2.05) is 13.8 Å². The summed E-state index contributed by atoms with van der Waals surface area (Å²) in [5, 5.41) is 10.7. The van der Waals surface area contributed by atoms with Crippen molar-refractivity contribution in [2.75, 3.05) is 11.4 Å². The SMILES string of the molecule is CCC(C)c1cc2[n-]nc(N3CCC(=O)NC3=O)c2cc1F.[Re]. The molecular weight excluding hydrogens is 473 g/mol. The van der Waals surface area contributed by atoms with E-state index in [-0.39, 0.29) is 56.8 Å². The molecule has 1 fully saturated rings. The van der Waals surface area contributed by atoms with Crippen molar-refractivity contribution in [2.45, 2.75) is 32.6 Å². The van der Waals surface area contributed by atoms with Gasteiger partial charge in [-0.25, -0.2) is 9.18 Å². The van der Waals surface area contributed by atoms with Crippen LogP contribution in [0.4, 0.5) is 15.0 Å². The predicted molar refractivity (Wildman–Crippen MR) is 79.2 cm³/mol. The number of imide groups is 1. The summed E-state index contributed by atoms with van der Waals surface area (Å²) in [6, 6.07) is 2.50. The van der Waals surface area contributed by atoms with E-state index in [0.29, 0.717) is 16.5 Å². The minimum Gasteiger partial charge on any atom is -0.573 e. The number of fused-ring (bicyclic) bond motifs is 1. The predicted octanol–water partition coefficient (Wildman–Crippen LogP) is 2.29. The van der Waals surface area contributed by atoms with Gasteiger partial charge in [-0.05, 0) is 24.0 Å². The second kappa shape index (κ2) is 6.77. The topological polar surface area (TPSA) is 76.4 Å². The van der Waals surface area contributed by atoms with Gasteiger partial charge in [-0.2, -0.15) is 0 Å². The number of urea groups is 1. The number of carbonyl (C=O) groups is 2. The van der Waals surface area contributed by atoms with Crippen LogP contribution in [-0.4, -0.2) is 23.6 Å². The quantitative estimate of drug-likeness (QED) is 0.718. The van der Waals surface area contributed by atoms with Crippen LogP contribution in [-0.2, 0) is 25.2 Å². The second-order valence-corrected chi connectivity index (χ2v) is 5.48. The van der Waals surface area contributed by atoms with Crippen molar-refractivity contribution in [1.82, 2.24) is 15.5 Å². The minimum absolute atomic E-state index is 0. The van der Waals surface area contributed by atoms with Crippen LogP contribution in [0.15, 0.2) is 12.1 Å². The number of anilines is 1. The van der Waals surface area contributed by atoms with Crippen molar-refractivity contribution < 1.29 is 34.4 Å². The Labute approximate surface area is 146 Å². The summed E-state index contributed by atoms with van der Waals surface area (Å²) in [5.41, 5.74) is 1.15. The van der Waals surface area contributed by atoms with E-state index in [9.17, 15) is 14.0 Å². The monoisotopic (exact) mass is 490 g/mol. The van der Waals surface area contributed by atoms with Crippen molar-refractivity contribution >= 4 is 28.7 Å². The van der Waals surface area contributed by atoms with E-state index in [0.717, 1.165) is 6.42 Å². The molecule has 0 saturated carbocycles. The third-order valence-corrected chi connectivity index (χ3v) is 4.06. The van der Waals surface area contributed by atoms with Gasteiger partial charge in [0.15, 0.2) is 0 Å². The minimum atomic E-state index is -0.551. The molecule has 0 spiro atoms. The van der Waals surface area contributed by atoms with E-state index in [4.69, 9.17) is 0 Å². The van der Waals surface area contributed by atoms with Gasteiger partial charge in [0.1, 0.15) is 11.6 Å². The van der Waals surface area contributed by atoms with Gasteiger partial charge >= 0.3 is 6.03 Å². The van der Waals surface area contributed by atoms with E-state index in [2.05, 4.69) is 15.5 Å². The third-order valence-electron chi connectivity index (χ3n) is 4.06. The fourth-order valence-corrected chi connectivity index (χ4v) is 2.56. The molecule has 8 heteroatoms. The molecule has 1 aromatic heterocycles. The third kappa shape index (κ3) is 3.14. The first-order valence-electron chi connectivity index (χ1n) is 7.25. The Balaban J connectivity index is 0.00000192. The number of rotatable bonds is 3. The first kappa shape index (κ1) is 17.6. The van der Waals surface area contributed by atoms with Crippen LogP contribution in [0, 0.1) is 5.82 Å². The normalized spacial score (nSPS) is 16.2. The largest absolute Gasteiger partial charge is 0.573 e. The maximum atomic E-state index is 14.3. The molecule has 1 N–H and O–H groups in total. The van der Waals surface area contributed by atoms with Crippen molar-refractivity contribution in [2.24, 2.45) is 0 Å². The van der Waals surface area contributed by atoms with E-state index >= 15 is 0 Å².